The Kier molecular flexibility index (Phi) is 4.20. The van der Waals surface area contributed by atoms with Crippen LogP contribution in [0.25, 0.3) is 10.9 Å². The van der Waals surface area contributed by atoms with Crippen LogP contribution in [0.4, 0.5) is 0 Å². The van der Waals surface area contributed by atoms with Crippen LogP contribution in [0.2, 0.25) is 0 Å². The molecule has 1 aromatic carbocycles. The minimum absolute atomic E-state index is 0.0940. The quantitative estimate of drug-likeness (QED) is 0.628. The van der Waals surface area contributed by atoms with E-state index < -0.39 is 0 Å². The van der Waals surface area contributed by atoms with E-state index in [9.17, 15) is 0 Å². The molecule has 0 aliphatic heterocycles. The Bertz CT molecular complexity index is 726. The highest BCUT2D eigenvalue weighted by molar-refractivity contribution is 5.83. The van der Waals surface area contributed by atoms with Crippen molar-refractivity contribution < 1.29 is 5.32 Å². The highest BCUT2D eigenvalue weighted by Gasteiger charge is 2.47. The Labute approximate surface area is 139 Å². The average Bonchev–Trinajstić information content (AvgIpc) is 2.97. The zero-order valence-electron chi connectivity index (χ0n) is 14.3. The number of para-hydroxylation sites is 1. The molecular formula is C21H28N2. The van der Waals surface area contributed by atoms with Crippen LogP contribution in [0.1, 0.15) is 38.2 Å². The number of quaternary nitrogens is 1. The molecule has 0 spiro atoms. The fourth-order valence-electron chi connectivity index (χ4n) is 4.46. The fraction of sp³-hybridized carbons (Fsp3) is 0.381. The van der Waals surface area contributed by atoms with Crippen molar-refractivity contribution in [1.82, 2.24) is 4.98 Å². The summed E-state index contributed by atoms with van der Waals surface area (Å²) in [6.07, 6.45) is 6.63. The lowest BCUT2D eigenvalue weighted by Gasteiger charge is -2.47. The lowest BCUT2D eigenvalue weighted by molar-refractivity contribution is -0.653. The maximum Gasteiger partial charge on any atom is 0.0785 e. The molecule has 0 unspecified atom stereocenters. The molecule has 1 aliphatic rings. The van der Waals surface area contributed by atoms with Crippen LogP contribution in [0.15, 0.2) is 55.3 Å². The monoisotopic (exact) mass is 308 g/mol. The number of hydrogen-bond donors (Lipinski definition) is 2. The third kappa shape index (κ3) is 2.55. The minimum Gasteiger partial charge on any atom is -0.475 e. The van der Waals surface area contributed by atoms with Crippen molar-refractivity contribution in [3.8, 4) is 0 Å². The van der Waals surface area contributed by atoms with Crippen LogP contribution in [-0.4, -0.2) is 11.0 Å². The van der Waals surface area contributed by atoms with E-state index >= 15 is 0 Å². The van der Waals surface area contributed by atoms with Gasteiger partial charge in [-0.05, 0) is 37.3 Å². The number of rotatable bonds is 4. The van der Waals surface area contributed by atoms with E-state index in [1.54, 1.807) is 0 Å². The van der Waals surface area contributed by atoms with Gasteiger partial charge in [0.2, 0.25) is 0 Å². The summed E-state index contributed by atoms with van der Waals surface area (Å²) in [7, 11) is 4.17. The molecule has 1 aromatic heterocycles. The van der Waals surface area contributed by atoms with Gasteiger partial charge in [-0.1, -0.05) is 43.4 Å². The molecule has 0 radical (unpaired) electrons. The Balaban J connectivity index is 2.16. The van der Waals surface area contributed by atoms with Gasteiger partial charge < -0.3 is 10.3 Å². The summed E-state index contributed by atoms with van der Waals surface area (Å²) in [5.74, 6) is 0.892. The zero-order valence-corrected chi connectivity index (χ0v) is 14.3. The summed E-state index contributed by atoms with van der Waals surface area (Å²) in [6, 6.07) is 8.94. The van der Waals surface area contributed by atoms with Gasteiger partial charge in [0.05, 0.1) is 6.04 Å². The largest absolute Gasteiger partial charge is 0.475 e. The molecule has 23 heavy (non-hydrogen) atoms. The number of hydrogen-bond acceptors (Lipinski definition) is 0. The first-order valence-electron chi connectivity index (χ1n) is 8.49. The lowest BCUT2D eigenvalue weighted by Crippen LogP contribution is -2.89. The standard InChI is InChI=1S/C21H28N2/c1-6-21(4)12-11-15(14(2)3)19(20(21)22-5)17-13-23-18-10-8-7-9-16(17)18/h6-10,13,15,19-20,23H,1-2,5,11-12,22H2,3-4H3/t15-,19+,20-,21-/m0/s1. The van der Waals surface area contributed by atoms with Gasteiger partial charge in [-0.25, -0.2) is 0 Å². The first kappa shape index (κ1) is 16.1. The van der Waals surface area contributed by atoms with E-state index in [1.165, 1.54) is 22.0 Å². The molecule has 1 fully saturated rings. The van der Waals surface area contributed by atoms with Gasteiger partial charge in [0, 0.05) is 28.4 Å². The van der Waals surface area contributed by atoms with E-state index in [0.29, 0.717) is 17.9 Å². The average molecular weight is 308 g/mol. The van der Waals surface area contributed by atoms with Crippen molar-refractivity contribution in [2.24, 2.45) is 11.3 Å². The molecule has 0 amide bonds. The third-order valence-corrected chi connectivity index (χ3v) is 5.91. The van der Waals surface area contributed by atoms with E-state index in [0.717, 1.165) is 12.8 Å². The molecule has 1 heterocycles. The summed E-state index contributed by atoms with van der Waals surface area (Å²) >= 11 is 0. The highest BCUT2D eigenvalue weighted by atomic mass is 14.9. The highest BCUT2D eigenvalue weighted by Crippen LogP contribution is 2.49. The molecule has 1 aliphatic carbocycles. The number of aromatic amines is 1. The molecular weight excluding hydrogens is 280 g/mol. The first-order chi connectivity index (χ1) is 11.0. The number of benzene rings is 1. The Morgan fingerprint density at radius 1 is 1.43 bits per heavy atom. The molecule has 2 aromatic rings. The third-order valence-electron chi connectivity index (χ3n) is 5.91. The fourth-order valence-corrected chi connectivity index (χ4v) is 4.46. The number of nitrogens with one attached hydrogen (secondary N) is 1. The van der Waals surface area contributed by atoms with Gasteiger partial charge in [-0.15, -0.1) is 6.58 Å². The molecule has 1 saturated carbocycles. The number of fused-ring (bicyclic) bond motifs is 1. The normalized spacial score (nSPS) is 31.2. The van der Waals surface area contributed by atoms with Crippen molar-refractivity contribution in [2.45, 2.75) is 38.6 Å². The summed E-state index contributed by atoms with van der Waals surface area (Å²) in [4.78, 5) is 3.45. The van der Waals surface area contributed by atoms with E-state index in [4.69, 9.17) is 0 Å². The van der Waals surface area contributed by atoms with Crippen molar-refractivity contribution >= 4 is 10.9 Å². The van der Waals surface area contributed by atoms with Gasteiger partial charge >= 0.3 is 0 Å². The van der Waals surface area contributed by atoms with E-state index in [1.807, 2.05) is 0 Å². The Morgan fingerprint density at radius 3 is 2.83 bits per heavy atom. The topological polar surface area (TPSA) is 32.4 Å². The summed E-state index contributed by atoms with van der Waals surface area (Å²) in [5.41, 5.74) is 3.97. The van der Waals surface area contributed by atoms with E-state index in [-0.39, 0.29) is 5.41 Å². The van der Waals surface area contributed by atoms with Crippen molar-refractivity contribution in [1.29, 1.82) is 0 Å². The SMILES string of the molecule is C=C[C@@]1(C)CC[C@@H](C(=C)C)[C@H](c2c[nH]c3ccccc23)[C@@H]1[NH2+][CH2-]. The molecule has 4 atom stereocenters. The second-order valence-corrected chi connectivity index (χ2v) is 7.28. The molecule has 0 saturated heterocycles. The first-order valence-corrected chi connectivity index (χ1v) is 8.49. The molecule has 0 bridgehead atoms. The van der Waals surface area contributed by atoms with Gasteiger partial charge in [-0.3, -0.25) is 0 Å². The van der Waals surface area contributed by atoms with Gasteiger partial charge in [0.15, 0.2) is 0 Å². The number of allylic oxidation sites excluding steroid dienone is 1. The molecule has 3 rings (SSSR count). The predicted octanol–water partition coefficient (Wildman–Crippen LogP) is 4.15. The maximum absolute atomic E-state index is 4.29. The van der Waals surface area contributed by atoms with Crippen molar-refractivity contribution in [2.75, 3.05) is 0 Å². The number of H-pyrrole nitrogens is 1. The Hall–Kier alpha value is -1.80. The van der Waals surface area contributed by atoms with Crippen LogP contribution in [0, 0.1) is 18.4 Å². The van der Waals surface area contributed by atoms with Crippen LogP contribution >= 0.6 is 0 Å². The molecule has 2 nitrogen and oxygen atoms in total. The van der Waals surface area contributed by atoms with Crippen molar-refractivity contribution in [3.63, 3.8) is 0 Å². The summed E-state index contributed by atoms with van der Waals surface area (Å²) in [6.45, 7) is 12.9. The van der Waals surface area contributed by atoms with Gasteiger partial charge in [0.25, 0.3) is 0 Å². The van der Waals surface area contributed by atoms with Crippen LogP contribution < -0.4 is 5.32 Å². The molecule has 122 valence electrons. The minimum atomic E-state index is 0.0940. The molecule has 2 heteroatoms. The van der Waals surface area contributed by atoms with Crippen LogP contribution in [0.3, 0.4) is 0 Å². The number of aromatic nitrogens is 1. The maximum atomic E-state index is 4.29. The predicted molar refractivity (Wildman–Crippen MR) is 98.0 cm³/mol. The zero-order chi connectivity index (χ0) is 16.6. The van der Waals surface area contributed by atoms with E-state index in [2.05, 4.69) is 80.9 Å². The summed E-state index contributed by atoms with van der Waals surface area (Å²) < 4.78 is 0. The van der Waals surface area contributed by atoms with Gasteiger partial charge in [-0.2, -0.15) is 7.05 Å². The Morgan fingerprint density at radius 2 is 2.17 bits per heavy atom. The van der Waals surface area contributed by atoms with Crippen molar-refractivity contribution in [3.05, 3.63) is 67.9 Å². The van der Waals surface area contributed by atoms with Crippen LogP contribution in [-0.2, 0) is 0 Å². The lowest BCUT2D eigenvalue weighted by atomic mass is 9.59. The summed E-state index contributed by atoms with van der Waals surface area (Å²) in [5, 5.41) is 3.47. The smallest absolute Gasteiger partial charge is 0.0785 e. The molecule has 3 N–H and O–H groups in total. The second kappa shape index (κ2) is 6.01. The second-order valence-electron chi connectivity index (χ2n) is 7.28. The van der Waals surface area contributed by atoms with Crippen LogP contribution in [0.5, 0.6) is 0 Å². The number of nitrogens with two attached hydrogens (primary N) is 1. The van der Waals surface area contributed by atoms with Gasteiger partial charge in [0.1, 0.15) is 0 Å².